The molecule has 0 bridgehead atoms. The molecule has 0 spiro atoms. The predicted octanol–water partition coefficient (Wildman–Crippen LogP) is 7.66. The SMILES string of the molecule is Clc1ccc(C2=NN(c3cc(Cl)ccc3Cl)[C@H](c3ccc(Cl)cc3)C2)cc1. The van der Waals surface area contributed by atoms with Crippen molar-refractivity contribution in [3.8, 4) is 0 Å². The molecule has 136 valence electrons. The van der Waals surface area contributed by atoms with Crippen LogP contribution in [-0.2, 0) is 0 Å². The summed E-state index contributed by atoms with van der Waals surface area (Å²) in [5.41, 5.74) is 3.86. The number of nitrogens with zero attached hydrogens (tertiary/aromatic N) is 2. The van der Waals surface area contributed by atoms with Gasteiger partial charge in [-0.3, -0.25) is 5.01 Å². The Morgan fingerprint density at radius 1 is 0.741 bits per heavy atom. The highest BCUT2D eigenvalue weighted by Crippen LogP contribution is 2.41. The topological polar surface area (TPSA) is 15.6 Å². The van der Waals surface area contributed by atoms with E-state index in [-0.39, 0.29) is 6.04 Å². The molecule has 6 heteroatoms. The largest absolute Gasteiger partial charge is 0.256 e. The van der Waals surface area contributed by atoms with Gasteiger partial charge in [-0.05, 0) is 53.6 Å². The zero-order valence-electron chi connectivity index (χ0n) is 14.0. The second kappa shape index (κ2) is 7.73. The summed E-state index contributed by atoms with van der Waals surface area (Å²) in [6, 6.07) is 20.9. The third-order valence-electron chi connectivity index (χ3n) is 4.50. The van der Waals surface area contributed by atoms with Gasteiger partial charge >= 0.3 is 0 Å². The van der Waals surface area contributed by atoms with Crippen molar-refractivity contribution >= 4 is 57.8 Å². The van der Waals surface area contributed by atoms with Crippen molar-refractivity contribution in [2.45, 2.75) is 12.5 Å². The highest BCUT2D eigenvalue weighted by atomic mass is 35.5. The van der Waals surface area contributed by atoms with Crippen molar-refractivity contribution in [3.05, 3.63) is 97.9 Å². The number of rotatable bonds is 3. The molecule has 0 radical (unpaired) electrons. The average Bonchev–Trinajstić information content (AvgIpc) is 3.10. The molecule has 4 rings (SSSR count). The van der Waals surface area contributed by atoms with Crippen LogP contribution in [0.2, 0.25) is 20.1 Å². The van der Waals surface area contributed by atoms with Crippen molar-refractivity contribution < 1.29 is 0 Å². The van der Waals surface area contributed by atoms with Crippen LogP contribution in [0.3, 0.4) is 0 Å². The van der Waals surface area contributed by atoms with Gasteiger partial charge in [0.05, 0.1) is 22.5 Å². The molecule has 0 aliphatic carbocycles. The standard InChI is InChI=1S/C21H14Cl4N2/c22-15-5-1-13(2-6-15)19-12-20(14-3-7-16(23)8-4-14)27(26-19)21-11-17(24)9-10-18(21)25/h1-11,20H,12H2/t20-/m0/s1. The number of hydrogen-bond acceptors (Lipinski definition) is 2. The highest BCUT2D eigenvalue weighted by molar-refractivity contribution is 6.35. The van der Waals surface area contributed by atoms with Gasteiger partial charge < -0.3 is 0 Å². The molecule has 0 aromatic heterocycles. The quantitative estimate of drug-likeness (QED) is 0.412. The lowest BCUT2D eigenvalue weighted by molar-refractivity contribution is 0.709. The monoisotopic (exact) mass is 434 g/mol. The molecule has 1 atom stereocenters. The van der Waals surface area contributed by atoms with E-state index in [1.807, 2.05) is 59.6 Å². The zero-order chi connectivity index (χ0) is 19.0. The first kappa shape index (κ1) is 18.6. The summed E-state index contributed by atoms with van der Waals surface area (Å²) in [5.74, 6) is 0. The van der Waals surface area contributed by atoms with Crippen LogP contribution in [0.15, 0.2) is 71.8 Å². The van der Waals surface area contributed by atoms with Gasteiger partial charge in [-0.15, -0.1) is 0 Å². The van der Waals surface area contributed by atoms with Crippen molar-refractivity contribution in [3.63, 3.8) is 0 Å². The molecule has 3 aromatic carbocycles. The van der Waals surface area contributed by atoms with E-state index in [0.29, 0.717) is 20.1 Å². The molecule has 1 heterocycles. The highest BCUT2D eigenvalue weighted by Gasteiger charge is 2.31. The van der Waals surface area contributed by atoms with Crippen molar-refractivity contribution in [2.24, 2.45) is 5.10 Å². The first-order valence-corrected chi connectivity index (χ1v) is 9.85. The fourth-order valence-corrected chi connectivity index (χ4v) is 3.78. The van der Waals surface area contributed by atoms with Crippen LogP contribution < -0.4 is 5.01 Å². The summed E-state index contributed by atoms with van der Waals surface area (Å²) >= 11 is 24.8. The molecule has 27 heavy (non-hydrogen) atoms. The maximum atomic E-state index is 6.46. The Balaban J connectivity index is 1.79. The Kier molecular flexibility index (Phi) is 5.34. The van der Waals surface area contributed by atoms with Gasteiger partial charge in [0.25, 0.3) is 0 Å². The van der Waals surface area contributed by atoms with Gasteiger partial charge in [0.2, 0.25) is 0 Å². The number of halogens is 4. The summed E-state index contributed by atoms with van der Waals surface area (Å²) in [6.45, 7) is 0. The molecular formula is C21H14Cl4N2. The second-order valence-electron chi connectivity index (χ2n) is 6.27. The maximum absolute atomic E-state index is 6.46. The molecule has 0 fully saturated rings. The lowest BCUT2D eigenvalue weighted by Gasteiger charge is -2.25. The van der Waals surface area contributed by atoms with Crippen molar-refractivity contribution in [1.29, 1.82) is 0 Å². The number of anilines is 1. The minimum atomic E-state index is -0.0103. The summed E-state index contributed by atoms with van der Waals surface area (Å²) in [6.07, 6.45) is 0.728. The zero-order valence-corrected chi connectivity index (χ0v) is 17.1. The van der Waals surface area contributed by atoms with Crippen LogP contribution in [0.5, 0.6) is 0 Å². The lowest BCUT2D eigenvalue weighted by atomic mass is 9.98. The van der Waals surface area contributed by atoms with Gasteiger partial charge in [-0.2, -0.15) is 5.10 Å². The number of hydrogen-bond donors (Lipinski definition) is 0. The van der Waals surface area contributed by atoms with Crippen LogP contribution in [0, 0.1) is 0 Å². The Hall–Kier alpha value is -1.71. The molecule has 0 saturated carbocycles. The summed E-state index contributed by atoms with van der Waals surface area (Å²) < 4.78 is 0. The van der Waals surface area contributed by atoms with Gasteiger partial charge in [0, 0.05) is 21.5 Å². The molecule has 1 aliphatic heterocycles. The van der Waals surface area contributed by atoms with Gasteiger partial charge in [-0.25, -0.2) is 0 Å². The summed E-state index contributed by atoms with van der Waals surface area (Å²) in [5, 5.41) is 9.40. The van der Waals surface area contributed by atoms with E-state index in [9.17, 15) is 0 Å². The van der Waals surface area contributed by atoms with Gasteiger partial charge in [0.1, 0.15) is 0 Å². The van der Waals surface area contributed by atoms with E-state index in [0.717, 1.165) is 28.9 Å². The molecular weight excluding hydrogens is 422 g/mol. The summed E-state index contributed by atoms with van der Waals surface area (Å²) in [7, 11) is 0. The van der Waals surface area contributed by atoms with Crippen LogP contribution in [0.25, 0.3) is 0 Å². The molecule has 0 saturated heterocycles. The smallest absolute Gasteiger partial charge is 0.0832 e. The first-order chi connectivity index (χ1) is 13.0. The molecule has 1 aliphatic rings. The second-order valence-corrected chi connectivity index (χ2v) is 7.98. The Labute approximate surface area is 177 Å². The number of benzene rings is 3. The lowest BCUT2D eigenvalue weighted by Crippen LogP contribution is -2.18. The van der Waals surface area contributed by atoms with Crippen LogP contribution in [0.4, 0.5) is 5.69 Å². The van der Waals surface area contributed by atoms with Crippen molar-refractivity contribution in [1.82, 2.24) is 0 Å². The minimum absolute atomic E-state index is 0.0103. The van der Waals surface area contributed by atoms with E-state index in [2.05, 4.69) is 0 Å². The maximum Gasteiger partial charge on any atom is 0.0832 e. The van der Waals surface area contributed by atoms with E-state index < -0.39 is 0 Å². The third kappa shape index (κ3) is 3.95. The molecule has 0 N–H and O–H groups in total. The summed E-state index contributed by atoms with van der Waals surface area (Å²) in [4.78, 5) is 0. The van der Waals surface area contributed by atoms with Gasteiger partial charge in [-0.1, -0.05) is 70.7 Å². The molecule has 0 amide bonds. The van der Waals surface area contributed by atoms with E-state index in [1.165, 1.54) is 0 Å². The Bertz CT molecular complexity index is 998. The fourth-order valence-electron chi connectivity index (χ4n) is 3.16. The predicted molar refractivity (Wildman–Crippen MR) is 116 cm³/mol. The first-order valence-electron chi connectivity index (χ1n) is 8.34. The van der Waals surface area contributed by atoms with E-state index in [4.69, 9.17) is 51.5 Å². The fraction of sp³-hybridized carbons (Fsp3) is 0.0952. The van der Waals surface area contributed by atoms with Crippen molar-refractivity contribution in [2.75, 3.05) is 5.01 Å². The van der Waals surface area contributed by atoms with Crippen LogP contribution in [-0.4, -0.2) is 5.71 Å². The third-order valence-corrected chi connectivity index (χ3v) is 5.56. The van der Waals surface area contributed by atoms with Gasteiger partial charge in [0.15, 0.2) is 0 Å². The van der Waals surface area contributed by atoms with Crippen LogP contribution in [0.1, 0.15) is 23.6 Å². The Morgan fingerprint density at radius 2 is 1.33 bits per heavy atom. The molecule has 3 aromatic rings. The van der Waals surface area contributed by atoms with E-state index in [1.54, 1.807) is 12.1 Å². The Morgan fingerprint density at radius 3 is 2.00 bits per heavy atom. The van der Waals surface area contributed by atoms with Crippen LogP contribution >= 0.6 is 46.4 Å². The normalized spacial score (nSPS) is 16.5. The number of hydrazone groups is 1. The average molecular weight is 436 g/mol. The van der Waals surface area contributed by atoms with E-state index >= 15 is 0 Å². The molecule has 2 nitrogen and oxygen atoms in total. The molecule has 0 unspecified atom stereocenters. The minimum Gasteiger partial charge on any atom is -0.256 e.